The smallest absolute Gasteiger partial charge is 0.0716 e. The first-order valence-electron chi connectivity index (χ1n) is 11.8. The first-order chi connectivity index (χ1) is 15.3. The summed E-state index contributed by atoms with van der Waals surface area (Å²) < 4.78 is 5.63. The number of allylic oxidation sites excluding steroid dienone is 1. The second kappa shape index (κ2) is 10.6. The molecule has 3 aromatic carbocycles. The van der Waals surface area contributed by atoms with Gasteiger partial charge in [0, 0.05) is 6.61 Å². The Kier molecular flexibility index (Phi) is 7.38. The van der Waals surface area contributed by atoms with E-state index in [1.54, 1.807) is 0 Å². The highest BCUT2D eigenvalue weighted by Crippen LogP contribution is 2.37. The van der Waals surface area contributed by atoms with Gasteiger partial charge in [-0.2, -0.15) is 0 Å². The van der Waals surface area contributed by atoms with Crippen LogP contribution in [0.3, 0.4) is 0 Å². The third kappa shape index (κ3) is 5.54. The molecule has 0 atom stereocenters. The molecule has 0 unspecified atom stereocenters. The van der Waals surface area contributed by atoms with Gasteiger partial charge in [0.15, 0.2) is 0 Å². The second-order valence-corrected chi connectivity index (χ2v) is 8.80. The number of benzene rings is 3. The molecule has 160 valence electrons. The summed E-state index contributed by atoms with van der Waals surface area (Å²) in [6.45, 7) is 7.61. The van der Waals surface area contributed by atoms with Crippen molar-refractivity contribution in [1.29, 1.82) is 0 Å². The van der Waals surface area contributed by atoms with Crippen molar-refractivity contribution < 1.29 is 4.74 Å². The van der Waals surface area contributed by atoms with Crippen LogP contribution in [0.5, 0.6) is 0 Å². The Morgan fingerprint density at radius 3 is 1.71 bits per heavy atom. The van der Waals surface area contributed by atoms with E-state index < -0.39 is 0 Å². The fraction of sp³-hybridized carbons (Fsp3) is 0.333. The molecule has 0 radical (unpaired) electrons. The van der Waals surface area contributed by atoms with E-state index in [9.17, 15) is 0 Å². The first kappa shape index (κ1) is 21.6. The Morgan fingerprint density at radius 1 is 0.742 bits per heavy atom. The highest BCUT2D eigenvalue weighted by atomic mass is 16.5. The van der Waals surface area contributed by atoms with Crippen molar-refractivity contribution in [2.75, 3.05) is 6.61 Å². The topological polar surface area (TPSA) is 9.23 Å². The van der Waals surface area contributed by atoms with Gasteiger partial charge in [0.25, 0.3) is 0 Å². The Balaban J connectivity index is 1.39. The molecule has 1 aliphatic rings. The summed E-state index contributed by atoms with van der Waals surface area (Å²) in [5, 5.41) is 0. The summed E-state index contributed by atoms with van der Waals surface area (Å²) in [5.74, 6) is 1.43. The van der Waals surface area contributed by atoms with Crippen molar-refractivity contribution in [1.82, 2.24) is 0 Å². The van der Waals surface area contributed by atoms with Gasteiger partial charge in [-0.3, -0.25) is 0 Å². The van der Waals surface area contributed by atoms with Crippen LogP contribution in [0.2, 0.25) is 0 Å². The number of hydrogen-bond acceptors (Lipinski definition) is 1. The normalized spacial score (nSPS) is 18.6. The van der Waals surface area contributed by atoms with Gasteiger partial charge in [-0.1, -0.05) is 85.8 Å². The lowest BCUT2D eigenvalue weighted by Crippen LogP contribution is -2.11. The van der Waals surface area contributed by atoms with E-state index in [2.05, 4.69) is 92.4 Å². The first-order valence-corrected chi connectivity index (χ1v) is 11.8. The van der Waals surface area contributed by atoms with Crippen molar-refractivity contribution in [3.8, 4) is 22.3 Å². The molecular weight excluding hydrogens is 376 g/mol. The van der Waals surface area contributed by atoms with Crippen LogP contribution in [0.4, 0.5) is 0 Å². The van der Waals surface area contributed by atoms with Gasteiger partial charge in [-0.15, -0.1) is 6.58 Å². The van der Waals surface area contributed by atoms with Gasteiger partial charge in [-0.25, -0.2) is 0 Å². The van der Waals surface area contributed by atoms with Gasteiger partial charge in [0.05, 0.1) is 6.61 Å². The molecule has 0 aliphatic heterocycles. The number of ether oxygens (including phenoxy) is 1. The Morgan fingerprint density at radius 2 is 1.23 bits per heavy atom. The summed E-state index contributed by atoms with van der Waals surface area (Å²) in [6.07, 6.45) is 8.33. The van der Waals surface area contributed by atoms with Crippen LogP contribution in [0.15, 0.2) is 85.5 Å². The molecule has 0 saturated heterocycles. The van der Waals surface area contributed by atoms with E-state index in [1.165, 1.54) is 59.1 Å². The molecule has 0 N–H and O–H groups in total. The van der Waals surface area contributed by atoms with Crippen LogP contribution in [-0.2, 0) is 11.3 Å². The molecule has 1 fully saturated rings. The zero-order valence-electron chi connectivity index (χ0n) is 18.7. The largest absolute Gasteiger partial charge is 0.377 e. The van der Waals surface area contributed by atoms with Crippen molar-refractivity contribution >= 4 is 0 Å². The van der Waals surface area contributed by atoms with Crippen LogP contribution < -0.4 is 0 Å². The molecule has 0 heterocycles. The van der Waals surface area contributed by atoms with Crippen LogP contribution >= 0.6 is 0 Å². The monoisotopic (exact) mass is 410 g/mol. The van der Waals surface area contributed by atoms with E-state index in [4.69, 9.17) is 4.74 Å². The predicted molar refractivity (Wildman–Crippen MR) is 132 cm³/mol. The minimum atomic E-state index is 0.693. The van der Waals surface area contributed by atoms with E-state index in [1.807, 2.05) is 0 Å². The van der Waals surface area contributed by atoms with Crippen LogP contribution in [-0.4, -0.2) is 6.61 Å². The summed E-state index contributed by atoms with van der Waals surface area (Å²) >= 11 is 0. The molecule has 0 amide bonds. The lowest BCUT2D eigenvalue weighted by Gasteiger charge is -2.27. The Hall–Kier alpha value is -2.64. The lowest BCUT2D eigenvalue weighted by molar-refractivity contribution is 0.121. The molecule has 1 heteroatoms. The van der Waals surface area contributed by atoms with Gasteiger partial charge in [-0.05, 0) is 77.3 Å². The maximum atomic E-state index is 5.63. The zero-order valence-corrected chi connectivity index (χ0v) is 18.7. The van der Waals surface area contributed by atoms with Crippen molar-refractivity contribution in [3.05, 3.63) is 96.6 Å². The van der Waals surface area contributed by atoms with Gasteiger partial charge < -0.3 is 4.74 Å². The van der Waals surface area contributed by atoms with E-state index >= 15 is 0 Å². The van der Waals surface area contributed by atoms with Crippen LogP contribution in [0, 0.1) is 5.92 Å². The minimum absolute atomic E-state index is 0.693. The summed E-state index contributed by atoms with van der Waals surface area (Å²) in [5.41, 5.74) is 7.78. The zero-order chi connectivity index (χ0) is 21.5. The number of hydrogen-bond donors (Lipinski definition) is 0. The van der Waals surface area contributed by atoms with Crippen LogP contribution in [0.25, 0.3) is 22.3 Å². The van der Waals surface area contributed by atoms with E-state index in [0.29, 0.717) is 12.5 Å². The van der Waals surface area contributed by atoms with Crippen molar-refractivity contribution in [2.45, 2.75) is 51.6 Å². The van der Waals surface area contributed by atoms with Gasteiger partial charge in [0.1, 0.15) is 0 Å². The lowest BCUT2D eigenvalue weighted by atomic mass is 9.78. The maximum Gasteiger partial charge on any atom is 0.0716 e. The maximum absolute atomic E-state index is 5.63. The Bertz CT molecular complexity index is 943. The molecule has 3 aromatic rings. The highest BCUT2D eigenvalue weighted by Gasteiger charge is 2.20. The van der Waals surface area contributed by atoms with Crippen LogP contribution in [0.1, 0.15) is 56.1 Å². The second-order valence-electron chi connectivity index (χ2n) is 8.80. The molecule has 4 rings (SSSR count). The molecule has 1 saturated carbocycles. The van der Waals surface area contributed by atoms with Gasteiger partial charge >= 0.3 is 0 Å². The molecular formula is C30H34O. The van der Waals surface area contributed by atoms with Gasteiger partial charge in [0.2, 0.25) is 0 Å². The quantitative estimate of drug-likeness (QED) is 0.267. The summed E-state index contributed by atoms with van der Waals surface area (Å²) in [7, 11) is 0. The Labute approximate surface area is 187 Å². The molecule has 1 aliphatic carbocycles. The molecule has 0 spiro atoms. The summed E-state index contributed by atoms with van der Waals surface area (Å²) in [6, 6.07) is 26.9. The molecule has 31 heavy (non-hydrogen) atoms. The van der Waals surface area contributed by atoms with E-state index in [-0.39, 0.29) is 0 Å². The average Bonchev–Trinajstić information content (AvgIpc) is 2.85. The standard InChI is InChI=1S/C30H34O/c1-3-21-31-22-24-7-11-26(12-8-24)28-15-19-30(20-16-28)29-17-13-27(14-18-29)25-9-5-23(4-2)6-10-25/h4,7-8,11-20,23,25H,2-3,5-6,9-10,21-22H2,1H3. The fourth-order valence-corrected chi connectivity index (χ4v) is 4.62. The van der Waals surface area contributed by atoms with Crippen molar-refractivity contribution in [2.24, 2.45) is 5.92 Å². The fourth-order valence-electron chi connectivity index (χ4n) is 4.62. The van der Waals surface area contributed by atoms with E-state index in [0.717, 1.165) is 18.9 Å². The molecule has 0 bridgehead atoms. The molecule has 0 aromatic heterocycles. The average molecular weight is 411 g/mol. The van der Waals surface area contributed by atoms with Crippen molar-refractivity contribution in [3.63, 3.8) is 0 Å². The SMILES string of the molecule is C=CC1CCC(c2ccc(-c3ccc(-c4ccc(COCCC)cc4)cc3)cc2)CC1. The predicted octanol–water partition coefficient (Wildman–Crippen LogP) is 8.41. The minimum Gasteiger partial charge on any atom is -0.377 e. The third-order valence-corrected chi connectivity index (χ3v) is 6.61. The summed E-state index contributed by atoms with van der Waals surface area (Å²) in [4.78, 5) is 0. The third-order valence-electron chi connectivity index (χ3n) is 6.61. The number of rotatable bonds is 8. The molecule has 1 nitrogen and oxygen atoms in total. The highest BCUT2D eigenvalue weighted by molar-refractivity contribution is 5.70.